The van der Waals surface area contributed by atoms with Crippen molar-refractivity contribution >= 4 is 33.5 Å². The van der Waals surface area contributed by atoms with Crippen LogP contribution >= 0.6 is 11.8 Å². The molecule has 0 saturated heterocycles. The number of thioether (sulfide) groups is 1. The first-order valence-electron chi connectivity index (χ1n) is 6.55. The van der Waals surface area contributed by atoms with E-state index < -0.39 is 4.92 Å². The van der Waals surface area contributed by atoms with Crippen molar-refractivity contribution in [2.24, 2.45) is 0 Å². The number of hydrogen-bond donors (Lipinski definition) is 0. The first kappa shape index (κ1) is 14.8. The zero-order chi connectivity index (χ0) is 16.2. The van der Waals surface area contributed by atoms with Gasteiger partial charge in [0.15, 0.2) is 5.58 Å². The normalized spacial score (nSPS) is 11.3. The van der Waals surface area contributed by atoms with Gasteiger partial charge in [-0.25, -0.2) is 4.98 Å². The summed E-state index contributed by atoms with van der Waals surface area (Å²) in [5.74, 6) is 0. The molecule has 0 radical (unpaired) electrons. The molecule has 0 amide bonds. The summed E-state index contributed by atoms with van der Waals surface area (Å²) in [7, 11) is 0. The molecule has 0 spiro atoms. The van der Waals surface area contributed by atoms with Gasteiger partial charge < -0.3 is 4.42 Å². The summed E-state index contributed by atoms with van der Waals surface area (Å²) in [4.78, 5) is 15.2. The average molecular weight is 323 g/mol. The van der Waals surface area contributed by atoms with Gasteiger partial charge in [-0.15, -0.1) is 0 Å². The van der Waals surface area contributed by atoms with Crippen molar-refractivity contribution < 1.29 is 9.34 Å². The number of nitrogens with zero attached hydrogens (tertiary/aromatic N) is 3. The molecule has 0 aliphatic rings. The smallest absolute Gasteiger partial charge is 0.269 e. The molecule has 23 heavy (non-hydrogen) atoms. The molecule has 0 fully saturated rings. The second-order valence-electron chi connectivity index (χ2n) is 4.49. The van der Waals surface area contributed by atoms with Crippen LogP contribution in [0.4, 0.5) is 5.69 Å². The van der Waals surface area contributed by atoms with Gasteiger partial charge in [0.1, 0.15) is 5.52 Å². The van der Waals surface area contributed by atoms with Crippen LogP contribution in [0, 0.1) is 21.4 Å². The Kier molecular flexibility index (Phi) is 4.08. The van der Waals surface area contributed by atoms with Crippen molar-refractivity contribution in [2.75, 3.05) is 0 Å². The number of oxazole rings is 1. The fourth-order valence-electron chi connectivity index (χ4n) is 1.97. The molecule has 112 valence electrons. The SMILES string of the molecule is N#C/C=C(/Sc1nc2ccccc2o1)c1ccc([N+](=O)[O-])cc1. The largest absolute Gasteiger partial charge is 0.431 e. The Hall–Kier alpha value is -3.11. The van der Waals surface area contributed by atoms with Crippen molar-refractivity contribution in [2.45, 2.75) is 5.22 Å². The number of nitriles is 1. The highest BCUT2D eigenvalue weighted by Gasteiger charge is 2.12. The molecular formula is C16H9N3O3S. The van der Waals surface area contributed by atoms with Gasteiger partial charge in [0, 0.05) is 23.1 Å². The van der Waals surface area contributed by atoms with Crippen LogP contribution in [0.25, 0.3) is 16.0 Å². The lowest BCUT2D eigenvalue weighted by molar-refractivity contribution is -0.384. The minimum atomic E-state index is -0.467. The van der Waals surface area contributed by atoms with Gasteiger partial charge in [-0.1, -0.05) is 12.1 Å². The average Bonchev–Trinajstić information content (AvgIpc) is 2.97. The lowest BCUT2D eigenvalue weighted by Crippen LogP contribution is -1.88. The van der Waals surface area contributed by atoms with E-state index >= 15 is 0 Å². The van der Waals surface area contributed by atoms with Crippen LogP contribution in [-0.2, 0) is 0 Å². The fourth-order valence-corrected chi connectivity index (χ4v) is 2.80. The lowest BCUT2D eigenvalue weighted by atomic mass is 10.2. The van der Waals surface area contributed by atoms with E-state index in [2.05, 4.69) is 4.98 Å². The highest BCUT2D eigenvalue weighted by Crippen LogP contribution is 2.35. The summed E-state index contributed by atoms with van der Waals surface area (Å²) < 4.78 is 5.62. The highest BCUT2D eigenvalue weighted by atomic mass is 32.2. The van der Waals surface area contributed by atoms with Crippen molar-refractivity contribution in [3.05, 3.63) is 70.3 Å². The van der Waals surface area contributed by atoms with E-state index in [1.54, 1.807) is 12.1 Å². The van der Waals surface area contributed by atoms with Gasteiger partial charge in [-0.2, -0.15) is 5.26 Å². The molecule has 0 unspecified atom stereocenters. The number of allylic oxidation sites excluding steroid dienone is 1. The molecule has 6 nitrogen and oxygen atoms in total. The van der Waals surface area contributed by atoms with Crippen LogP contribution in [0.2, 0.25) is 0 Å². The summed E-state index contributed by atoms with van der Waals surface area (Å²) in [6, 6.07) is 15.3. The molecule has 3 aromatic rings. The number of rotatable bonds is 4. The third kappa shape index (κ3) is 3.22. The number of benzene rings is 2. The van der Waals surface area contributed by atoms with Gasteiger partial charge in [0.05, 0.1) is 11.0 Å². The van der Waals surface area contributed by atoms with Crippen molar-refractivity contribution in [1.29, 1.82) is 5.26 Å². The number of non-ortho nitro benzene ring substituents is 1. The van der Waals surface area contributed by atoms with Gasteiger partial charge in [0.2, 0.25) is 0 Å². The molecular weight excluding hydrogens is 314 g/mol. The quantitative estimate of drug-likeness (QED) is 0.306. The summed E-state index contributed by atoms with van der Waals surface area (Å²) in [5.41, 5.74) is 2.08. The molecule has 3 rings (SSSR count). The molecule has 0 bridgehead atoms. The first-order chi connectivity index (χ1) is 11.2. The first-order valence-corrected chi connectivity index (χ1v) is 7.37. The van der Waals surface area contributed by atoms with E-state index in [9.17, 15) is 10.1 Å². The maximum Gasteiger partial charge on any atom is 0.269 e. The van der Waals surface area contributed by atoms with E-state index in [4.69, 9.17) is 9.68 Å². The summed E-state index contributed by atoms with van der Waals surface area (Å²) in [5, 5.41) is 20.1. The Labute approximate surface area is 135 Å². The van der Waals surface area contributed by atoms with Gasteiger partial charge in [0.25, 0.3) is 10.9 Å². The van der Waals surface area contributed by atoms with Crippen LogP contribution < -0.4 is 0 Å². The predicted octanol–water partition coefficient (Wildman–Crippen LogP) is 4.39. The second-order valence-corrected chi connectivity index (χ2v) is 5.48. The predicted molar refractivity (Wildman–Crippen MR) is 86.6 cm³/mol. The third-order valence-electron chi connectivity index (χ3n) is 3.03. The van der Waals surface area contributed by atoms with Crippen molar-refractivity contribution in [3.63, 3.8) is 0 Å². The van der Waals surface area contributed by atoms with Crippen LogP contribution in [0.1, 0.15) is 5.56 Å². The summed E-state index contributed by atoms with van der Waals surface area (Å²) >= 11 is 1.20. The molecule has 0 aliphatic heterocycles. The van der Waals surface area contributed by atoms with E-state index in [1.807, 2.05) is 30.3 Å². The standard InChI is InChI=1S/C16H9N3O3S/c17-10-9-15(11-5-7-12(8-6-11)19(20)21)23-16-18-13-3-1-2-4-14(13)22-16/h1-9H/b15-9+. The number of hydrogen-bond acceptors (Lipinski definition) is 6. The highest BCUT2D eigenvalue weighted by molar-refractivity contribution is 8.08. The second kappa shape index (κ2) is 6.34. The third-order valence-corrected chi connectivity index (χ3v) is 3.95. The number of nitro benzene ring substituents is 1. The number of nitro groups is 1. The molecule has 0 aliphatic carbocycles. The lowest BCUT2D eigenvalue weighted by Gasteiger charge is -2.02. The van der Waals surface area contributed by atoms with Crippen LogP contribution in [-0.4, -0.2) is 9.91 Å². The zero-order valence-corrected chi connectivity index (χ0v) is 12.5. The van der Waals surface area contributed by atoms with Crippen molar-refractivity contribution in [3.8, 4) is 6.07 Å². The Morgan fingerprint density at radius 3 is 2.65 bits per heavy atom. The Balaban J connectivity index is 1.91. The van der Waals surface area contributed by atoms with Crippen molar-refractivity contribution in [1.82, 2.24) is 4.98 Å². The van der Waals surface area contributed by atoms with E-state index in [-0.39, 0.29) is 5.69 Å². The van der Waals surface area contributed by atoms with E-state index in [0.29, 0.717) is 21.3 Å². The van der Waals surface area contributed by atoms with Gasteiger partial charge >= 0.3 is 0 Å². The molecule has 7 heteroatoms. The summed E-state index contributed by atoms with van der Waals surface area (Å²) in [6.07, 6.45) is 1.36. The Morgan fingerprint density at radius 2 is 2.00 bits per heavy atom. The Bertz CT molecular complexity index is 906. The van der Waals surface area contributed by atoms with E-state index in [1.165, 1.54) is 30.0 Å². The molecule has 0 atom stereocenters. The summed E-state index contributed by atoms with van der Waals surface area (Å²) in [6.45, 7) is 0. The monoisotopic (exact) mass is 323 g/mol. The number of aromatic nitrogens is 1. The molecule has 0 N–H and O–H groups in total. The van der Waals surface area contributed by atoms with Gasteiger partial charge in [-0.05, 0) is 41.6 Å². The van der Waals surface area contributed by atoms with Gasteiger partial charge in [-0.3, -0.25) is 10.1 Å². The topological polar surface area (TPSA) is 93.0 Å². The Morgan fingerprint density at radius 1 is 1.26 bits per heavy atom. The maximum atomic E-state index is 10.7. The van der Waals surface area contributed by atoms with Crippen LogP contribution in [0.3, 0.4) is 0 Å². The molecule has 2 aromatic carbocycles. The zero-order valence-electron chi connectivity index (χ0n) is 11.7. The fraction of sp³-hybridized carbons (Fsp3) is 0. The minimum Gasteiger partial charge on any atom is -0.431 e. The molecule has 0 saturated carbocycles. The minimum absolute atomic E-state index is 0.00285. The van der Waals surface area contributed by atoms with E-state index in [0.717, 1.165) is 5.52 Å². The molecule has 1 aromatic heterocycles. The number of fused-ring (bicyclic) bond motifs is 1. The van der Waals surface area contributed by atoms with Crippen LogP contribution in [0.15, 0.2) is 64.2 Å². The maximum absolute atomic E-state index is 10.7. The molecule has 1 heterocycles. The number of para-hydroxylation sites is 2. The van der Waals surface area contributed by atoms with Crippen LogP contribution in [0.5, 0.6) is 0 Å².